The molecule has 2 N–H and O–H groups in total. The van der Waals surface area contributed by atoms with Crippen molar-refractivity contribution in [3.63, 3.8) is 0 Å². The molecular formula is C19H23NO3. The van der Waals surface area contributed by atoms with Crippen molar-refractivity contribution in [2.75, 3.05) is 20.3 Å². The Bertz CT molecular complexity index is 596. The van der Waals surface area contributed by atoms with Gasteiger partial charge in [-0.05, 0) is 48.6 Å². The second kappa shape index (κ2) is 8.96. The minimum atomic E-state index is -0.0940. The van der Waals surface area contributed by atoms with Crippen molar-refractivity contribution in [2.24, 2.45) is 0 Å². The van der Waals surface area contributed by atoms with Gasteiger partial charge in [-0.25, -0.2) is 0 Å². The Morgan fingerprint density at radius 2 is 1.78 bits per heavy atom. The molecule has 1 unspecified atom stereocenters. The van der Waals surface area contributed by atoms with E-state index in [0.29, 0.717) is 18.5 Å². The summed E-state index contributed by atoms with van der Waals surface area (Å²) in [5, 5.41) is 12.2. The summed E-state index contributed by atoms with van der Waals surface area (Å²) in [5.74, 6) is 0.884. The maximum absolute atomic E-state index is 12.1. The Kier molecular flexibility index (Phi) is 6.63. The third-order valence-corrected chi connectivity index (χ3v) is 3.88. The Morgan fingerprint density at radius 1 is 1.09 bits per heavy atom. The van der Waals surface area contributed by atoms with Crippen LogP contribution in [0.5, 0.6) is 5.75 Å². The average molecular weight is 313 g/mol. The molecule has 0 heterocycles. The number of aliphatic hydroxyl groups excluding tert-OH is 1. The molecule has 4 heteroatoms. The maximum atomic E-state index is 12.1. The van der Waals surface area contributed by atoms with Gasteiger partial charge in [0.2, 0.25) is 0 Å². The summed E-state index contributed by atoms with van der Waals surface area (Å²) in [6, 6.07) is 17.1. The SMILES string of the molecule is COc1ccc(C(=O)NCCC(CCO)c2ccccc2)cc1. The van der Waals surface area contributed by atoms with Gasteiger partial charge in [-0.1, -0.05) is 30.3 Å². The van der Waals surface area contributed by atoms with E-state index in [0.717, 1.165) is 12.2 Å². The number of ether oxygens (including phenoxy) is 1. The molecule has 2 rings (SSSR count). The fourth-order valence-electron chi connectivity index (χ4n) is 2.56. The average Bonchev–Trinajstić information content (AvgIpc) is 2.61. The topological polar surface area (TPSA) is 58.6 Å². The zero-order chi connectivity index (χ0) is 16.5. The summed E-state index contributed by atoms with van der Waals surface area (Å²) in [5.41, 5.74) is 1.81. The lowest BCUT2D eigenvalue weighted by atomic mass is 9.93. The number of hydrogen-bond acceptors (Lipinski definition) is 3. The van der Waals surface area contributed by atoms with Crippen LogP contribution in [0.2, 0.25) is 0 Å². The quantitative estimate of drug-likeness (QED) is 0.787. The predicted molar refractivity (Wildman–Crippen MR) is 90.8 cm³/mol. The summed E-state index contributed by atoms with van der Waals surface area (Å²) in [6.07, 6.45) is 1.49. The van der Waals surface area contributed by atoms with Crippen LogP contribution in [0.4, 0.5) is 0 Å². The maximum Gasteiger partial charge on any atom is 0.251 e. The lowest BCUT2D eigenvalue weighted by molar-refractivity contribution is 0.0952. The summed E-state index contributed by atoms with van der Waals surface area (Å²) in [6.45, 7) is 0.719. The van der Waals surface area contributed by atoms with Gasteiger partial charge in [-0.3, -0.25) is 4.79 Å². The van der Waals surface area contributed by atoms with E-state index >= 15 is 0 Å². The van der Waals surface area contributed by atoms with Crippen LogP contribution in [0, 0.1) is 0 Å². The number of aliphatic hydroxyl groups is 1. The molecule has 2 aromatic rings. The molecule has 1 amide bonds. The Hall–Kier alpha value is -2.33. The minimum absolute atomic E-state index is 0.0940. The van der Waals surface area contributed by atoms with Crippen LogP contribution in [0.25, 0.3) is 0 Å². The number of methoxy groups -OCH3 is 1. The molecule has 2 aromatic carbocycles. The van der Waals surface area contributed by atoms with Gasteiger partial charge in [0.1, 0.15) is 5.75 Å². The first-order valence-electron chi connectivity index (χ1n) is 7.82. The van der Waals surface area contributed by atoms with Crippen molar-refractivity contribution >= 4 is 5.91 Å². The fourth-order valence-corrected chi connectivity index (χ4v) is 2.56. The highest BCUT2D eigenvalue weighted by Crippen LogP contribution is 2.22. The van der Waals surface area contributed by atoms with Gasteiger partial charge in [0.15, 0.2) is 0 Å². The van der Waals surface area contributed by atoms with Crippen LogP contribution >= 0.6 is 0 Å². The van der Waals surface area contributed by atoms with E-state index in [1.54, 1.807) is 31.4 Å². The van der Waals surface area contributed by atoms with E-state index in [-0.39, 0.29) is 18.4 Å². The van der Waals surface area contributed by atoms with Gasteiger partial charge in [0.25, 0.3) is 5.91 Å². The number of carbonyl (C=O) groups is 1. The largest absolute Gasteiger partial charge is 0.497 e. The molecule has 0 aliphatic heterocycles. The summed E-state index contributed by atoms with van der Waals surface area (Å²) in [4.78, 5) is 12.1. The summed E-state index contributed by atoms with van der Waals surface area (Å²) in [7, 11) is 1.60. The molecule has 0 aliphatic carbocycles. The lowest BCUT2D eigenvalue weighted by Crippen LogP contribution is -2.25. The molecule has 0 spiro atoms. The van der Waals surface area contributed by atoms with E-state index in [2.05, 4.69) is 17.4 Å². The van der Waals surface area contributed by atoms with Crippen LogP contribution in [0.3, 0.4) is 0 Å². The molecule has 0 aliphatic rings. The molecule has 0 aromatic heterocycles. The van der Waals surface area contributed by atoms with Crippen molar-refractivity contribution in [1.82, 2.24) is 5.32 Å². The van der Waals surface area contributed by atoms with Crippen molar-refractivity contribution in [3.05, 3.63) is 65.7 Å². The lowest BCUT2D eigenvalue weighted by Gasteiger charge is -2.16. The summed E-state index contributed by atoms with van der Waals surface area (Å²) >= 11 is 0. The van der Waals surface area contributed by atoms with Crippen molar-refractivity contribution in [3.8, 4) is 5.75 Å². The van der Waals surface area contributed by atoms with E-state index in [1.165, 1.54) is 5.56 Å². The second-order valence-corrected chi connectivity index (χ2v) is 5.39. The minimum Gasteiger partial charge on any atom is -0.497 e. The summed E-state index contributed by atoms with van der Waals surface area (Å²) < 4.78 is 5.08. The molecular weight excluding hydrogens is 290 g/mol. The highest BCUT2D eigenvalue weighted by Gasteiger charge is 2.12. The van der Waals surface area contributed by atoms with Crippen LogP contribution in [-0.2, 0) is 0 Å². The number of rotatable bonds is 8. The van der Waals surface area contributed by atoms with Crippen LogP contribution in [0.15, 0.2) is 54.6 Å². The van der Waals surface area contributed by atoms with E-state index in [4.69, 9.17) is 4.74 Å². The third kappa shape index (κ3) is 5.11. The van der Waals surface area contributed by atoms with Gasteiger partial charge < -0.3 is 15.2 Å². The van der Waals surface area contributed by atoms with Crippen molar-refractivity contribution in [2.45, 2.75) is 18.8 Å². The Morgan fingerprint density at radius 3 is 2.39 bits per heavy atom. The highest BCUT2D eigenvalue weighted by atomic mass is 16.5. The smallest absolute Gasteiger partial charge is 0.251 e. The van der Waals surface area contributed by atoms with E-state index < -0.39 is 0 Å². The molecule has 0 saturated heterocycles. The molecule has 4 nitrogen and oxygen atoms in total. The predicted octanol–water partition coefficient (Wildman–Crippen LogP) is 2.98. The Labute approximate surface area is 137 Å². The van der Waals surface area contributed by atoms with Crippen LogP contribution in [0.1, 0.15) is 34.7 Å². The number of hydrogen-bond donors (Lipinski definition) is 2. The molecule has 0 radical (unpaired) electrons. The zero-order valence-corrected chi connectivity index (χ0v) is 13.4. The van der Waals surface area contributed by atoms with Gasteiger partial charge in [0.05, 0.1) is 7.11 Å². The molecule has 0 saturated carbocycles. The number of amides is 1. The van der Waals surface area contributed by atoms with Crippen LogP contribution in [-0.4, -0.2) is 31.3 Å². The first-order valence-corrected chi connectivity index (χ1v) is 7.82. The molecule has 23 heavy (non-hydrogen) atoms. The standard InChI is InChI=1S/C19H23NO3/c1-23-18-9-7-17(8-10-18)19(22)20-13-11-16(12-14-21)15-5-3-2-4-6-15/h2-10,16,21H,11-14H2,1H3,(H,20,22). The Balaban J connectivity index is 1.87. The molecule has 1 atom stereocenters. The number of nitrogens with one attached hydrogen (secondary N) is 1. The first-order chi connectivity index (χ1) is 11.2. The monoisotopic (exact) mass is 313 g/mol. The first kappa shape index (κ1) is 17.0. The van der Waals surface area contributed by atoms with E-state index in [9.17, 15) is 9.90 Å². The second-order valence-electron chi connectivity index (χ2n) is 5.39. The van der Waals surface area contributed by atoms with Crippen molar-refractivity contribution in [1.29, 1.82) is 0 Å². The molecule has 0 bridgehead atoms. The van der Waals surface area contributed by atoms with Gasteiger partial charge in [-0.2, -0.15) is 0 Å². The van der Waals surface area contributed by atoms with Crippen LogP contribution < -0.4 is 10.1 Å². The normalized spacial score (nSPS) is 11.7. The highest BCUT2D eigenvalue weighted by molar-refractivity contribution is 5.94. The van der Waals surface area contributed by atoms with Crippen molar-refractivity contribution < 1.29 is 14.6 Å². The molecule has 122 valence electrons. The van der Waals surface area contributed by atoms with Gasteiger partial charge in [0, 0.05) is 18.7 Å². The zero-order valence-electron chi connectivity index (χ0n) is 13.4. The van der Waals surface area contributed by atoms with Gasteiger partial charge >= 0.3 is 0 Å². The van der Waals surface area contributed by atoms with Gasteiger partial charge in [-0.15, -0.1) is 0 Å². The van der Waals surface area contributed by atoms with E-state index in [1.807, 2.05) is 18.2 Å². The fraction of sp³-hybridized carbons (Fsp3) is 0.316. The third-order valence-electron chi connectivity index (χ3n) is 3.88. The molecule has 0 fully saturated rings. The number of carbonyl (C=O) groups excluding carboxylic acids is 1. The number of benzene rings is 2.